The van der Waals surface area contributed by atoms with E-state index in [9.17, 15) is 14.4 Å². The molecule has 0 unspecified atom stereocenters. The van der Waals surface area contributed by atoms with E-state index in [1.807, 2.05) is 26.8 Å². The average Bonchev–Trinajstić information content (AvgIpc) is 2.47. The Hall–Kier alpha value is -2.49. The molecule has 0 aliphatic carbocycles. The molecule has 1 aliphatic rings. The van der Waals surface area contributed by atoms with E-state index in [4.69, 9.17) is 0 Å². The molecule has 0 radical (unpaired) electrons. The summed E-state index contributed by atoms with van der Waals surface area (Å²) in [5, 5.41) is 1.39. The molecule has 0 saturated heterocycles. The van der Waals surface area contributed by atoms with E-state index in [1.54, 1.807) is 24.3 Å². The Morgan fingerprint density at radius 2 is 1.73 bits per heavy atom. The van der Waals surface area contributed by atoms with Gasteiger partial charge in [-0.15, -0.1) is 0 Å². The van der Waals surface area contributed by atoms with Crippen molar-refractivity contribution in [1.82, 2.24) is 4.90 Å². The minimum Gasteiger partial charge on any atom is -0.298 e. The molecule has 0 N–H and O–H groups in total. The monoisotopic (exact) mass is 295 g/mol. The van der Waals surface area contributed by atoms with Gasteiger partial charge in [-0.1, -0.05) is 32.9 Å². The highest BCUT2D eigenvalue weighted by atomic mass is 16.2. The molecule has 112 valence electrons. The Bertz CT molecular complexity index is 815. The van der Waals surface area contributed by atoms with Gasteiger partial charge in [-0.05, 0) is 29.0 Å². The second-order valence-corrected chi connectivity index (χ2v) is 6.85. The number of aldehydes is 1. The molecular formula is C18H17NO3. The van der Waals surface area contributed by atoms with Crippen molar-refractivity contribution in [2.24, 2.45) is 5.41 Å². The normalized spacial score (nSPS) is 14.6. The lowest BCUT2D eigenvalue weighted by molar-refractivity contribution is 0.0555. The summed E-state index contributed by atoms with van der Waals surface area (Å²) in [6, 6.07) is 8.60. The summed E-state index contributed by atoms with van der Waals surface area (Å²) in [5.41, 5.74) is 1.20. The number of rotatable bonds is 2. The predicted molar refractivity (Wildman–Crippen MR) is 84.2 cm³/mol. The first-order valence-electron chi connectivity index (χ1n) is 7.20. The van der Waals surface area contributed by atoms with Crippen LogP contribution in [0.3, 0.4) is 0 Å². The maximum Gasteiger partial charge on any atom is 0.261 e. The van der Waals surface area contributed by atoms with Crippen molar-refractivity contribution in [3.63, 3.8) is 0 Å². The highest BCUT2D eigenvalue weighted by molar-refractivity contribution is 6.26. The molecule has 22 heavy (non-hydrogen) atoms. The van der Waals surface area contributed by atoms with Gasteiger partial charge in [0.1, 0.15) is 6.29 Å². The number of benzene rings is 2. The molecule has 4 nitrogen and oxygen atoms in total. The van der Waals surface area contributed by atoms with Crippen molar-refractivity contribution in [1.29, 1.82) is 0 Å². The zero-order valence-electron chi connectivity index (χ0n) is 12.8. The molecule has 2 aromatic rings. The van der Waals surface area contributed by atoms with Gasteiger partial charge in [-0.25, -0.2) is 0 Å². The standard InChI is InChI=1S/C18H17NO3/c1-18(2,3)10-19-16(21)13-6-4-5-12-7-11(9-20)8-14(15(12)13)17(19)22/h4-9H,10H2,1-3H3. The zero-order valence-corrected chi connectivity index (χ0v) is 12.8. The van der Waals surface area contributed by atoms with Gasteiger partial charge in [0.25, 0.3) is 11.8 Å². The number of amides is 2. The molecule has 0 spiro atoms. The van der Waals surface area contributed by atoms with Crippen LogP contribution in [-0.4, -0.2) is 29.5 Å². The topological polar surface area (TPSA) is 54.5 Å². The molecule has 2 aromatic carbocycles. The summed E-state index contributed by atoms with van der Waals surface area (Å²) in [7, 11) is 0. The third kappa shape index (κ3) is 2.21. The molecule has 0 atom stereocenters. The Balaban J connectivity index is 2.26. The fraction of sp³-hybridized carbons (Fsp3) is 0.278. The molecule has 4 heteroatoms. The van der Waals surface area contributed by atoms with Crippen molar-refractivity contribution in [2.45, 2.75) is 20.8 Å². The molecule has 0 fully saturated rings. The van der Waals surface area contributed by atoms with Crippen LogP contribution in [0.15, 0.2) is 30.3 Å². The maximum absolute atomic E-state index is 12.7. The summed E-state index contributed by atoms with van der Waals surface area (Å²) in [6.07, 6.45) is 0.723. The third-order valence-electron chi connectivity index (χ3n) is 3.72. The van der Waals surface area contributed by atoms with E-state index in [2.05, 4.69) is 0 Å². The van der Waals surface area contributed by atoms with Gasteiger partial charge in [0.2, 0.25) is 0 Å². The van der Waals surface area contributed by atoms with Crippen LogP contribution in [0.25, 0.3) is 10.8 Å². The van der Waals surface area contributed by atoms with Crippen LogP contribution in [-0.2, 0) is 0 Å². The Morgan fingerprint density at radius 1 is 1.05 bits per heavy atom. The molecule has 1 heterocycles. The zero-order chi connectivity index (χ0) is 16.1. The van der Waals surface area contributed by atoms with Gasteiger partial charge in [-0.2, -0.15) is 0 Å². The SMILES string of the molecule is CC(C)(C)CN1C(=O)c2cccc3cc(C=O)cc(c23)C1=O. The first-order chi connectivity index (χ1) is 10.3. The molecule has 3 rings (SSSR count). The van der Waals surface area contributed by atoms with Crippen LogP contribution in [0.1, 0.15) is 51.8 Å². The second kappa shape index (κ2) is 4.77. The predicted octanol–water partition coefficient (Wildman–Crippen LogP) is 3.29. The van der Waals surface area contributed by atoms with Gasteiger partial charge < -0.3 is 0 Å². The van der Waals surface area contributed by atoms with Gasteiger partial charge >= 0.3 is 0 Å². The number of carbonyl (C=O) groups is 3. The number of nitrogens with zero attached hydrogens (tertiary/aromatic N) is 1. The summed E-state index contributed by atoms with van der Waals surface area (Å²) in [4.78, 5) is 37.8. The molecule has 2 amide bonds. The summed E-state index contributed by atoms with van der Waals surface area (Å²) < 4.78 is 0. The molecular weight excluding hydrogens is 278 g/mol. The first kappa shape index (κ1) is 14.4. The lowest BCUT2D eigenvalue weighted by Gasteiger charge is -2.32. The minimum atomic E-state index is -0.327. The van der Waals surface area contributed by atoms with E-state index < -0.39 is 0 Å². The number of carbonyl (C=O) groups excluding carboxylic acids is 3. The van der Waals surface area contributed by atoms with E-state index in [0.29, 0.717) is 28.6 Å². The maximum atomic E-state index is 12.7. The lowest BCUT2D eigenvalue weighted by Crippen LogP contribution is -2.44. The van der Waals surface area contributed by atoms with Gasteiger partial charge in [0.15, 0.2) is 0 Å². The van der Waals surface area contributed by atoms with Crippen LogP contribution in [0.5, 0.6) is 0 Å². The highest BCUT2D eigenvalue weighted by Crippen LogP contribution is 2.32. The third-order valence-corrected chi connectivity index (χ3v) is 3.72. The van der Waals surface area contributed by atoms with Gasteiger partial charge in [0, 0.05) is 28.6 Å². The van der Waals surface area contributed by atoms with Crippen LogP contribution in [0.4, 0.5) is 0 Å². The minimum absolute atomic E-state index is 0.195. The fourth-order valence-electron chi connectivity index (χ4n) is 2.87. The van der Waals surface area contributed by atoms with Gasteiger partial charge in [-0.3, -0.25) is 19.3 Å². The summed E-state index contributed by atoms with van der Waals surface area (Å²) in [6.45, 7) is 6.27. The van der Waals surface area contributed by atoms with Crippen molar-refractivity contribution in [3.8, 4) is 0 Å². The first-order valence-corrected chi connectivity index (χ1v) is 7.20. The molecule has 0 bridgehead atoms. The molecule has 0 saturated carbocycles. The van der Waals surface area contributed by atoms with Crippen molar-refractivity contribution in [3.05, 3.63) is 47.0 Å². The lowest BCUT2D eigenvalue weighted by atomic mass is 9.89. The van der Waals surface area contributed by atoms with Crippen molar-refractivity contribution in [2.75, 3.05) is 6.54 Å². The highest BCUT2D eigenvalue weighted by Gasteiger charge is 2.35. The van der Waals surface area contributed by atoms with Crippen LogP contribution in [0, 0.1) is 5.41 Å². The quantitative estimate of drug-likeness (QED) is 0.631. The largest absolute Gasteiger partial charge is 0.298 e. The van der Waals surface area contributed by atoms with E-state index in [0.717, 1.165) is 11.7 Å². The summed E-state index contributed by atoms with van der Waals surface area (Å²) >= 11 is 0. The average molecular weight is 295 g/mol. The number of hydrogen-bond donors (Lipinski definition) is 0. The Labute approximate surface area is 128 Å². The summed E-state index contributed by atoms with van der Waals surface area (Å²) in [5.74, 6) is -0.593. The fourth-order valence-corrected chi connectivity index (χ4v) is 2.87. The van der Waals surface area contributed by atoms with E-state index in [1.165, 1.54) is 4.90 Å². The Morgan fingerprint density at radius 3 is 2.36 bits per heavy atom. The smallest absolute Gasteiger partial charge is 0.261 e. The van der Waals surface area contributed by atoms with Gasteiger partial charge in [0.05, 0.1) is 0 Å². The van der Waals surface area contributed by atoms with Crippen LogP contribution < -0.4 is 0 Å². The van der Waals surface area contributed by atoms with Crippen LogP contribution in [0.2, 0.25) is 0 Å². The number of imide groups is 1. The Kier molecular flexibility index (Phi) is 3.13. The van der Waals surface area contributed by atoms with E-state index >= 15 is 0 Å². The molecule has 0 aromatic heterocycles. The number of hydrogen-bond acceptors (Lipinski definition) is 3. The second-order valence-electron chi connectivity index (χ2n) is 6.85. The van der Waals surface area contributed by atoms with Crippen molar-refractivity contribution >= 4 is 28.9 Å². The van der Waals surface area contributed by atoms with Crippen LogP contribution >= 0.6 is 0 Å². The van der Waals surface area contributed by atoms with Crippen molar-refractivity contribution < 1.29 is 14.4 Å². The van der Waals surface area contributed by atoms with E-state index in [-0.39, 0.29) is 17.2 Å². The molecule has 1 aliphatic heterocycles.